The maximum Gasteiger partial charge on any atom is 0.211 e. The summed E-state index contributed by atoms with van der Waals surface area (Å²) in [6.07, 6.45) is 4.19. The van der Waals surface area contributed by atoms with Gasteiger partial charge >= 0.3 is 0 Å². The molecule has 164 valence electrons. The first-order valence-electron chi connectivity index (χ1n) is 9.95. The van der Waals surface area contributed by atoms with Crippen molar-refractivity contribution in [1.82, 2.24) is 14.5 Å². The van der Waals surface area contributed by atoms with Gasteiger partial charge in [-0.15, -0.1) is 24.0 Å². The van der Waals surface area contributed by atoms with Crippen LogP contribution in [0, 0.1) is 5.92 Å². The SMILES string of the molecule is CN=C(NCC1CCN(S(C)(=O)=O)CC1)N1CCC(c2ccc(OC)cc2)C1.I. The van der Waals surface area contributed by atoms with Crippen molar-refractivity contribution in [2.75, 3.05) is 53.1 Å². The summed E-state index contributed by atoms with van der Waals surface area (Å²) in [6.45, 7) is 4.02. The summed E-state index contributed by atoms with van der Waals surface area (Å²) in [5.74, 6) is 2.82. The highest BCUT2D eigenvalue weighted by atomic mass is 127. The fourth-order valence-corrected chi connectivity index (χ4v) is 4.99. The zero-order valence-corrected chi connectivity index (χ0v) is 20.7. The van der Waals surface area contributed by atoms with Crippen molar-refractivity contribution in [2.24, 2.45) is 10.9 Å². The van der Waals surface area contributed by atoms with Crippen molar-refractivity contribution in [3.63, 3.8) is 0 Å². The van der Waals surface area contributed by atoms with Gasteiger partial charge in [0.1, 0.15) is 5.75 Å². The quantitative estimate of drug-likeness (QED) is 0.356. The number of benzene rings is 1. The number of halogens is 1. The van der Waals surface area contributed by atoms with Crippen LogP contribution in [0.15, 0.2) is 29.3 Å². The first-order valence-corrected chi connectivity index (χ1v) is 11.8. The molecule has 2 aliphatic heterocycles. The maximum atomic E-state index is 11.6. The predicted octanol–water partition coefficient (Wildman–Crippen LogP) is 2.35. The van der Waals surface area contributed by atoms with Crippen LogP contribution < -0.4 is 10.1 Å². The molecule has 1 aromatic rings. The van der Waals surface area contributed by atoms with E-state index in [-0.39, 0.29) is 24.0 Å². The van der Waals surface area contributed by atoms with Crippen molar-refractivity contribution >= 4 is 40.0 Å². The molecule has 0 radical (unpaired) electrons. The molecular weight excluding hydrogens is 503 g/mol. The number of likely N-dealkylation sites (tertiary alicyclic amines) is 1. The lowest BCUT2D eigenvalue weighted by molar-refractivity contribution is 0.273. The minimum Gasteiger partial charge on any atom is -0.497 e. The van der Waals surface area contributed by atoms with Crippen LogP contribution in [0.2, 0.25) is 0 Å². The predicted molar refractivity (Wildman–Crippen MR) is 128 cm³/mol. The van der Waals surface area contributed by atoms with E-state index in [1.54, 1.807) is 11.4 Å². The van der Waals surface area contributed by atoms with E-state index >= 15 is 0 Å². The highest BCUT2D eigenvalue weighted by Gasteiger charge is 2.28. The summed E-state index contributed by atoms with van der Waals surface area (Å²) in [7, 11) is 0.454. The number of hydrogen-bond donors (Lipinski definition) is 1. The van der Waals surface area contributed by atoms with Gasteiger partial charge in [-0.05, 0) is 42.9 Å². The lowest BCUT2D eigenvalue weighted by Gasteiger charge is -2.31. The Morgan fingerprint density at radius 3 is 2.38 bits per heavy atom. The van der Waals surface area contributed by atoms with Crippen molar-refractivity contribution in [3.8, 4) is 5.75 Å². The number of nitrogens with zero attached hydrogens (tertiary/aromatic N) is 3. The van der Waals surface area contributed by atoms with Gasteiger partial charge in [-0.25, -0.2) is 12.7 Å². The van der Waals surface area contributed by atoms with Crippen LogP contribution in [0.5, 0.6) is 5.75 Å². The smallest absolute Gasteiger partial charge is 0.211 e. The summed E-state index contributed by atoms with van der Waals surface area (Å²) in [5.41, 5.74) is 1.34. The van der Waals surface area contributed by atoms with E-state index in [0.717, 1.165) is 50.6 Å². The first kappa shape index (κ1) is 24.2. The van der Waals surface area contributed by atoms with Gasteiger partial charge in [0.05, 0.1) is 13.4 Å². The highest BCUT2D eigenvalue weighted by Crippen LogP contribution is 2.28. The number of sulfonamides is 1. The summed E-state index contributed by atoms with van der Waals surface area (Å²) >= 11 is 0. The Hall–Kier alpha value is -1.07. The monoisotopic (exact) mass is 536 g/mol. The Morgan fingerprint density at radius 2 is 1.83 bits per heavy atom. The molecule has 0 amide bonds. The lowest BCUT2D eigenvalue weighted by Crippen LogP contribution is -2.45. The van der Waals surface area contributed by atoms with Crippen LogP contribution in [0.4, 0.5) is 0 Å². The average Bonchev–Trinajstić information content (AvgIpc) is 3.18. The third-order valence-corrected chi connectivity index (χ3v) is 7.18. The van der Waals surface area contributed by atoms with Gasteiger partial charge in [-0.2, -0.15) is 0 Å². The van der Waals surface area contributed by atoms with Crippen molar-refractivity contribution in [1.29, 1.82) is 0 Å². The molecule has 0 spiro atoms. The van der Waals surface area contributed by atoms with Gasteiger partial charge in [-0.3, -0.25) is 4.99 Å². The molecule has 2 aliphatic rings. The number of nitrogens with one attached hydrogen (secondary N) is 1. The van der Waals surface area contributed by atoms with Gasteiger partial charge < -0.3 is 15.0 Å². The van der Waals surface area contributed by atoms with Crippen LogP contribution in [0.3, 0.4) is 0 Å². The number of piperidine rings is 1. The third-order valence-electron chi connectivity index (χ3n) is 5.88. The molecule has 2 fully saturated rings. The molecule has 2 saturated heterocycles. The second-order valence-electron chi connectivity index (χ2n) is 7.74. The summed E-state index contributed by atoms with van der Waals surface area (Å²) < 4.78 is 30.1. The second kappa shape index (κ2) is 10.8. The van der Waals surface area contributed by atoms with E-state index in [0.29, 0.717) is 24.9 Å². The Bertz CT molecular complexity index is 777. The molecule has 1 N–H and O–H groups in total. The van der Waals surface area contributed by atoms with Crippen molar-refractivity contribution in [3.05, 3.63) is 29.8 Å². The largest absolute Gasteiger partial charge is 0.497 e. The number of hydrogen-bond acceptors (Lipinski definition) is 4. The van der Waals surface area contributed by atoms with Crippen LogP contribution >= 0.6 is 24.0 Å². The zero-order chi connectivity index (χ0) is 20.1. The van der Waals surface area contributed by atoms with Gasteiger partial charge in [0.2, 0.25) is 10.0 Å². The molecule has 0 aromatic heterocycles. The first-order chi connectivity index (χ1) is 13.4. The van der Waals surface area contributed by atoms with E-state index in [2.05, 4.69) is 27.3 Å². The molecule has 2 heterocycles. The van der Waals surface area contributed by atoms with Crippen LogP contribution in [-0.2, 0) is 10.0 Å². The van der Waals surface area contributed by atoms with Crippen LogP contribution in [-0.4, -0.2) is 76.7 Å². The highest BCUT2D eigenvalue weighted by molar-refractivity contribution is 14.0. The van der Waals surface area contributed by atoms with E-state index in [1.165, 1.54) is 11.8 Å². The zero-order valence-electron chi connectivity index (χ0n) is 17.5. The van der Waals surface area contributed by atoms with E-state index in [4.69, 9.17) is 4.74 Å². The standard InChI is InChI=1S/C20H32N4O3S.HI/c1-21-20(22-14-16-8-12-24(13-9-16)28(3,25)26)23-11-10-18(15-23)17-4-6-19(27-2)7-5-17;/h4-7,16,18H,8-15H2,1-3H3,(H,21,22);1H. The van der Waals surface area contributed by atoms with E-state index in [1.807, 2.05) is 19.2 Å². The van der Waals surface area contributed by atoms with Gasteiger partial charge in [0.15, 0.2) is 5.96 Å². The average molecular weight is 536 g/mol. The summed E-state index contributed by atoms with van der Waals surface area (Å²) in [5, 5.41) is 3.51. The van der Waals surface area contributed by atoms with Gasteiger partial charge in [0.25, 0.3) is 0 Å². The molecular formula is C20H33IN4O3S. The Labute approximate surface area is 192 Å². The maximum absolute atomic E-state index is 11.6. The second-order valence-corrected chi connectivity index (χ2v) is 9.72. The molecule has 0 saturated carbocycles. The topological polar surface area (TPSA) is 74.2 Å². The molecule has 1 unspecified atom stereocenters. The summed E-state index contributed by atoms with van der Waals surface area (Å²) in [6, 6.07) is 8.35. The number of aliphatic imine (C=N–C) groups is 1. The number of ether oxygens (including phenoxy) is 1. The van der Waals surface area contributed by atoms with E-state index in [9.17, 15) is 8.42 Å². The molecule has 1 atom stereocenters. The fourth-order valence-electron chi connectivity index (χ4n) is 4.11. The Kier molecular flexibility index (Phi) is 9.02. The fraction of sp³-hybridized carbons (Fsp3) is 0.650. The van der Waals surface area contributed by atoms with Crippen LogP contribution in [0.25, 0.3) is 0 Å². The number of rotatable bonds is 5. The Balaban J connectivity index is 0.00000300. The molecule has 0 aliphatic carbocycles. The minimum absolute atomic E-state index is 0. The molecule has 0 bridgehead atoms. The van der Waals surface area contributed by atoms with Gasteiger partial charge in [0, 0.05) is 45.7 Å². The van der Waals surface area contributed by atoms with Crippen LogP contribution in [0.1, 0.15) is 30.7 Å². The molecule has 9 heteroatoms. The normalized spacial score (nSPS) is 21.7. The summed E-state index contributed by atoms with van der Waals surface area (Å²) in [4.78, 5) is 6.79. The molecule has 7 nitrogen and oxygen atoms in total. The van der Waals surface area contributed by atoms with Crippen molar-refractivity contribution < 1.29 is 13.2 Å². The number of methoxy groups -OCH3 is 1. The molecule has 29 heavy (non-hydrogen) atoms. The molecule has 1 aromatic carbocycles. The van der Waals surface area contributed by atoms with Gasteiger partial charge in [-0.1, -0.05) is 12.1 Å². The minimum atomic E-state index is -3.06. The molecule has 3 rings (SSSR count). The lowest BCUT2D eigenvalue weighted by atomic mass is 9.98. The van der Waals surface area contributed by atoms with E-state index < -0.39 is 10.0 Å². The number of guanidine groups is 1. The Morgan fingerprint density at radius 1 is 1.17 bits per heavy atom. The van der Waals surface area contributed by atoms with Crippen molar-refractivity contribution in [2.45, 2.75) is 25.2 Å². The third kappa shape index (κ3) is 6.45.